The number of alkyl halides is 2. The standard InChI is InChI=1S/C23H22ClF4N5O2/c1-14(31-7-4-23(27,28)19(12-31)16-2-5-33(35)6-3-16)21(34)29-20-13-32(22(24)30-20)11-15-8-17(25)10-18(26)9-15/h2-3,5-6,8-10,13-14,19H,4,7,11-12H2,1H3,(H,29,34)/t14-,19+/m0/s1. The number of imidazole rings is 1. The van der Waals surface area contributed by atoms with Crippen LogP contribution in [0.15, 0.2) is 48.9 Å². The van der Waals surface area contributed by atoms with Gasteiger partial charge in [-0.15, -0.1) is 0 Å². The largest absolute Gasteiger partial charge is 0.619 e. The molecule has 1 saturated heterocycles. The molecule has 4 rings (SSSR count). The van der Waals surface area contributed by atoms with Gasteiger partial charge in [-0.2, -0.15) is 4.73 Å². The van der Waals surface area contributed by atoms with Crippen molar-refractivity contribution in [3.05, 3.63) is 82.2 Å². The van der Waals surface area contributed by atoms with Crippen LogP contribution < -0.4 is 10.0 Å². The van der Waals surface area contributed by atoms with E-state index in [0.717, 1.165) is 18.2 Å². The van der Waals surface area contributed by atoms with E-state index in [0.29, 0.717) is 15.9 Å². The molecule has 0 unspecified atom stereocenters. The highest BCUT2D eigenvalue weighted by Gasteiger charge is 2.46. The fourth-order valence-electron chi connectivity index (χ4n) is 4.14. The minimum Gasteiger partial charge on any atom is -0.619 e. The number of benzene rings is 1. The number of halogens is 5. The van der Waals surface area contributed by atoms with Gasteiger partial charge in [0.05, 0.1) is 18.5 Å². The summed E-state index contributed by atoms with van der Waals surface area (Å²) >= 11 is 6.11. The Kier molecular flexibility index (Phi) is 7.00. The van der Waals surface area contributed by atoms with Crippen molar-refractivity contribution in [3.63, 3.8) is 0 Å². The van der Waals surface area contributed by atoms with E-state index in [9.17, 15) is 27.6 Å². The summed E-state index contributed by atoms with van der Waals surface area (Å²) in [6.45, 7) is 1.55. The first-order valence-corrected chi connectivity index (χ1v) is 11.2. The monoisotopic (exact) mass is 511 g/mol. The molecule has 3 heterocycles. The SMILES string of the molecule is C[C@@H](C(=O)Nc1cn(Cc2cc(F)cc(F)c2)c(Cl)n1)N1CCC(F)(F)[C@@H](c2cc[n+]([O-])cc2)C1. The molecule has 1 N–H and O–H groups in total. The number of carbonyl (C=O) groups is 1. The molecule has 2 atom stereocenters. The van der Waals surface area contributed by atoms with Gasteiger partial charge in [0.1, 0.15) is 11.6 Å². The molecule has 1 amide bonds. The Labute approximate surface area is 203 Å². The Hall–Kier alpha value is -3.18. The summed E-state index contributed by atoms with van der Waals surface area (Å²) in [7, 11) is 0. The molecule has 0 aliphatic carbocycles. The van der Waals surface area contributed by atoms with Crippen LogP contribution in [0.2, 0.25) is 5.28 Å². The quantitative estimate of drug-likeness (QED) is 0.309. The number of nitrogens with one attached hydrogen (secondary N) is 1. The Morgan fingerprint density at radius 3 is 2.60 bits per heavy atom. The van der Waals surface area contributed by atoms with Gasteiger partial charge in [0.2, 0.25) is 11.2 Å². The highest BCUT2D eigenvalue weighted by Crippen LogP contribution is 2.40. The molecule has 7 nitrogen and oxygen atoms in total. The number of piperidine rings is 1. The second kappa shape index (κ2) is 9.82. The van der Waals surface area contributed by atoms with E-state index in [1.807, 2.05) is 0 Å². The van der Waals surface area contributed by atoms with Gasteiger partial charge < -0.3 is 15.1 Å². The van der Waals surface area contributed by atoms with Crippen LogP contribution in [-0.4, -0.2) is 45.4 Å². The van der Waals surface area contributed by atoms with E-state index < -0.39 is 41.8 Å². The van der Waals surface area contributed by atoms with E-state index in [1.165, 1.54) is 35.3 Å². The highest BCUT2D eigenvalue weighted by molar-refractivity contribution is 6.28. The van der Waals surface area contributed by atoms with Crippen LogP contribution >= 0.6 is 11.6 Å². The Balaban J connectivity index is 1.43. The third-order valence-electron chi connectivity index (χ3n) is 6.07. The second-order valence-electron chi connectivity index (χ2n) is 8.52. The van der Waals surface area contributed by atoms with Crippen LogP contribution in [0.25, 0.3) is 0 Å². The summed E-state index contributed by atoms with van der Waals surface area (Å²) in [5.41, 5.74) is 0.635. The molecule has 2 aromatic heterocycles. The molecule has 0 saturated carbocycles. The third-order valence-corrected chi connectivity index (χ3v) is 6.37. The Morgan fingerprint density at radius 1 is 1.29 bits per heavy atom. The first-order valence-electron chi connectivity index (χ1n) is 10.8. The number of nitrogens with zero attached hydrogens (tertiary/aromatic N) is 4. The van der Waals surface area contributed by atoms with Crippen molar-refractivity contribution in [2.45, 2.75) is 37.8 Å². The lowest BCUT2D eigenvalue weighted by atomic mass is 9.87. The molecule has 12 heteroatoms. The fourth-order valence-corrected chi connectivity index (χ4v) is 4.34. The van der Waals surface area contributed by atoms with Crippen molar-refractivity contribution in [1.82, 2.24) is 14.5 Å². The number of hydrogen-bond acceptors (Lipinski definition) is 4. The normalized spacial score (nSPS) is 18.9. The van der Waals surface area contributed by atoms with Crippen LogP contribution in [0.1, 0.15) is 30.4 Å². The predicted octanol–water partition coefficient (Wildman–Crippen LogP) is 3.95. The van der Waals surface area contributed by atoms with Gasteiger partial charge in [-0.05, 0) is 41.8 Å². The molecule has 0 spiro atoms. The van der Waals surface area contributed by atoms with Crippen molar-refractivity contribution in [2.24, 2.45) is 0 Å². The van der Waals surface area contributed by atoms with Gasteiger partial charge in [-0.1, -0.05) is 0 Å². The van der Waals surface area contributed by atoms with Gasteiger partial charge in [0, 0.05) is 43.9 Å². The number of anilines is 1. The predicted molar refractivity (Wildman–Crippen MR) is 120 cm³/mol. The minimum atomic E-state index is -2.98. The number of rotatable bonds is 6. The summed E-state index contributed by atoms with van der Waals surface area (Å²) in [5, 5.41) is 13.9. The number of amides is 1. The highest BCUT2D eigenvalue weighted by atomic mass is 35.5. The van der Waals surface area contributed by atoms with Crippen LogP contribution in [-0.2, 0) is 11.3 Å². The van der Waals surface area contributed by atoms with Gasteiger partial charge in [0.15, 0.2) is 18.2 Å². The maximum absolute atomic E-state index is 14.6. The van der Waals surface area contributed by atoms with Crippen LogP contribution in [0.3, 0.4) is 0 Å². The van der Waals surface area contributed by atoms with E-state index in [2.05, 4.69) is 10.3 Å². The van der Waals surface area contributed by atoms with Crippen LogP contribution in [0.5, 0.6) is 0 Å². The number of aromatic nitrogens is 3. The average Bonchev–Trinajstić information content (AvgIpc) is 3.11. The summed E-state index contributed by atoms with van der Waals surface area (Å²) in [6.07, 6.45) is 3.31. The molecule has 1 aliphatic heterocycles. The molecule has 35 heavy (non-hydrogen) atoms. The number of hydrogen-bond donors (Lipinski definition) is 1. The molecule has 1 aliphatic rings. The molecule has 0 radical (unpaired) electrons. The van der Waals surface area contributed by atoms with Crippen LogP contribution in [0.4, 0.5) is 23.4 Å². The number of likely N-dealkylation sites (tertiary alicyclic amines) is 1. The smallest absolute Gasteiger partial charge is 0.257 e. The zero-order valence-electron chi connectivity index (χ0n) is 18.6. The molecular formula is C23H22ClF4N5O2. The minimum absolute atomic E-state index is 0.00464. The van der Waals surface area contributed by atoms with Crippen molar-refractivity contribution < 1.29 is 27.1 Å². The lowest BCUT2D eigenvalue weighted by molar-refractivity contribution is -0.605. The van der Waals surface area contributed by atoms with Crippen molar-refractivity contribution in [2.75, 3.05) is 18.4 Å². The maximum atomic E-state index is 14.6. The molecular weight excluding hydrogens is 490 g/mol. The second-order valence-corrected chi connectivity index (χ2v) is 8.85. The molecule has 3 aromatic rings. The summed E-state index contributed by atoms with van der Waals surface area (Å²) in [6, 6.07) is 5.03. The fraction of sp³-hybridized carbons (Fsp3) is 0.348. The van der Waals surface area contributed by atoms with E-state index >= 15 is 0 Å². The Bertz CT molecular complexity index is 1200. The zero-order valence-corrected chi connectivity index (χ0v) is 19.4. The lowest BCUT2D eigenvalue weighted by Gasteiger charge is -2.40. The van der Waals surface area contributed by atoms with Crippen molar-refractivity contribution >= 4 is 23.3 Å². The third kappa shape index (κ3) is 5.73. The summed E-state index contributed by atoms with van der Waals surface area (Å²) < 4.78 is 58.1. The molecule has 0 bridgehead atoms. The summed E-state index contributed by atoms with van der Waals surface area (Å²) in [4.78, 5) is 18.5. The average molecular weight is 512 g/mol. The molecule has 1 aromatic carbocycles. The topological polar surface area (TPSA) is 77.1 Å². The molecule has 186 valence electrons. The van der Waals surface area contributed by atoms with E-state index in [-0.39, 0.29) is 30.7 Å². The summed E-state index contributed by atoms with van der Waals surface area (Å²) in [5.74, 6) is -5.97. The van der Waals surface area contributed by atoms with Crippen molar-refractivity contribution in [3.8, 4) is 0 Å². The maximum Gasteiger partial charge on any atom is 0.257 e. The van der Waals surface area contributed by atoms with Gasteiger partial charge in [-0.25, -0.2) is 22.5 Å². The number of carbonyl (C=O) groups excluding carboxylic acids is 1. The lowest BCUT2D eigenvalue weighted by Crippen LogP contribution is -2.52. The van der Waals surface area contributed by atoms with E-state index in [4.69, 9.17) is 11.6 Å². The first kappa shape index (κ1) is 24.9. The van der Waals surface area contributed by atoms with Crippen LogP contribution in [0, 0.1) is 16.8 Å². The number of pyridine rings is 1. The van der Waals surface area contributed by atoms with Gasteiger partial charge in [0.25, 0.3) is 5.92 Å². The van der Waals surface area contributed by atoms with E-state index in [1.54, 1.807) is 11.8 Å². The van der Waals surface area contributed by atoms with Gasteiger partial charge in [-0.3, -0.25) is 9.69 Å². The van der Waals surface area contributed by atoms with Gasteiger partial charge >= 0.3 is 0 Å². The first-order chi connectivity index (χ1) is 16.5. The van der Waals surface area contributed by atoms with Crippen molar-refractivity contribution in [1.29, 1.82) is 0 Å². The molecule has 1 fully saturated rings. The zero-order chi connectivity index (χ0) is 25.3. The Morgan fingerprint density at radius 2 is 1.94 bits per heavy atom.